The highest BCUT2D eigenvalue weighted by atomic mass is 127. The molecule has 3 N–H and O–H groups in total. The number of hydrogen-bond donors (Lipinski definition) is 2. The molecule has 6 nitrogen and oxygen atoms in total. The van der Waals surface area contributed by atoms with Gasteiger partial charge in [-0.2, -0.15) is 0 Å². The first-order valence-corrected chi connectivity index (χ1v) is 6.73. The molecule has 0 bridgehead atoms. The van der Waals surface area contributed by atoms with Crippen molar-refractivity contribution in [2.45, 2.75) is 6.54 Å². The molecule has 2 rings (SSSR count). The third kappa shape index (κ3) is 5.88. The van der Waals surface area contributed by atoms with E-state index in [-0.39, 0.29) is 24.0 Å². The smallest absolute Gasteiger partial charge is 0.189 e. The van der Waals surface area contributed by atoms with Crippen LogP contribution in [0.15, 0.2) is 35.8 Å². The van der Waals surface area contributed by atoms with Crippen LogP contribution in [0.1, 0.15) is 5.69 Å². The van der Waals surface area contributed by atoms with Crippen LogP contribution < -0.4 is 16.0 Å². The number of rotatable bonds is 5. The number of hydrogen-bond acceptors (Lipinski definition) is 4. The van der Waals surface area contributed by atoms with E-state index < -0.39 is 0 Å². The first-order valence-electron chi connectivity index (χ1n) is 6.73. The first-order chi connectivity index (χ1) is 9.79. The number of pyridine rings is 1. The molecule has 0 amide bonds. The maximum atomic E-state index is 5.72. The number of morpholine rings is 1. The van der Waals surface area contributed by atoms with E-state index in [0.29, 0.717) is 19.0 Å². The second-order valence-electron chi connectivity index (χ2n) is 4.46. The van der Waals surface area contributed by atoms with E-state index in [9.17, 15) is 0 Å². The highest BCUT2D eigenvalue weighted by Gasteiger charge is 2.12. The van der Waals surface area contributed by atoms with E-state index in [2.05, 4.69) is 26.8 Å². The van der Waals surface area contributed by atoms with Crippen molar-refractivity contribution >= 4 is 35.8 Å². The highest BCUT2D eigenvalue weighted by molar-refractivity contribution is 14.0. The van der Waals surface area contributed by atoms with Gasteiger partial charge in [-0.05, 0) is 12.1 Å². The minimum absolute atomic E-state index is 0. The lowest BCUT2D eigenvalue weighted by molar-refractivity contribution is 0.122. The molecule has 1 fully saturated rings. The van der Waals surface area contributed by atoms with Crippen LogP contribution in [0.4, 0.5) is 5.82 Å². The SMILES string of the molecule is C=CCNC(N)=NCc1cccc(N2CCOCC2)n1.I. The lowest BCUT2D eigenvalue weighted by Gasteiger charge is -2.27. The molecule has 1 aromatic heterocycles. The van der Waals surface area contributed by atoms with Gasteiger partial charge in [0.1, 0.15) is 5.82 Å². The number of nitrogens with zero attached hydrogens (tertiary/aromatic N) is 3. The molecule has 1 aliphatic heterocycles. The van der Waals surface area contributed by atoms with Crippen LogP contribution in [0.5, 0.6) is 0 Å². The van der Waals surface area contributed by atoms with Crippen molar-refractivity contribution in [3.63, 3.8) is 0 Å². The molecule has 1 aliphatic rings. The van der Waals surface area contributed by atoms with E-state index in [1.54, 1.807) is 6.08 Å². The quantitative estimate of drug-likeness (QED) is 0.334. The number of halogens is 1. The topological polar surface area (TPSA) is 75.8 Å². The number of anilines is 1. The Bertz CT molecular complexity index is 474. The Morgan fingerprint density at radius 3 is 2.95 bits per heavy atom. The van der Waals surface area contributed by atoms with Crippen molar-refractivity contribution in [3.05, 3.63) is 36.5 Å². The molecule has 0 spiro atoms. The summed E-state index contributed by atoms with van der Waals surface area (Å²) in [4.78, 5) is 11.1. The van der Waals surface area contributed by atoms with Crippen LogP contribution >= 0.6 is 24.0 Å². The summed E-state index contributed by atoms with van der Waals surface area (Å²) in [6.45, 7) is 7.95. The maximum Gasteiger partial charge on any atom is 0.189 e. The average molecular weight is 403 g/mol. The highest BCUT2D eigenvalue weighted by Crippen LogP contribution is 2.13. The Kier molecular flexibility index (Phi) is 8.06. The zero-order valence-corrected chi connectivity index (χ0v) is 14.3. The summed E-state index contributed by atoms with van der Waals surface area (Å²) in [7, 11) is 0. The van der Waals surface area contributed by atoms with Crippen molar-refractivity contribution in [1.82, 2.24) is 10.3 Å². The van der Waals surface area contributed by atoms with Crippen molar-refractivity contribution in [2.75, 3.05) is 37.7 Å². The minimum Gasteiger partial charge on any atom is -0.378 e. The average Bonchev–Trinajstić information content (AvgIpc) is 2.52. The van der Waals surface area contributed by atoms with Gasteiger partial charge in [0.25, 0.3) is 0 Å². The van der Waals surface area contributed by atoms with Crippen LogP contribution in [-0.4, -0.2) is 43.8 Å². The third-order valence-corrected chi connectivity index (χ3v) is 2.97. The van der Waals surface area contributed by atoms with Gasteiger partial charge in [-0.1, -0.05) is 12.1 Å². The molecule has 0 aliphatic carbocycles. The van der Waals surface area contributed by atoms with Crippen molar-refractivity contribution in [1.29, 1.82) is 0 Å². The summed E-state index contributed by atoms with van der Waals surface area (Å²) in [6, 6.07) is 5.96. The van der Waals surface area contributed by atoms with Gasteiger partial charge in [0.2, 0.25) is 0 Å². The Balaban J connectivity index is 0.00000220. The standard InChI is InChI=1S/C14H21N5O.HI/c1-2-6-16-14(15)17-11-12-4-3-5-13(18-12)19-7-9-20-10-8-19;/h2-5H,1,6-11H2,(H3,15,16,17);1H. The van der Waals surface area contributed by atoms with Crippen molar-refractivity contribution in [2.24, 2.45) is 10.7 Å². The molecule has 7 heteroatoms. The zero-order chi connectivity index (χ0) is 14.2. The number of nitrogens with one attached hydrogen (secondary N) is 1. The van der Waals surface area contributed by atoms with Crippen molar-refractivity contribution in [3.8, 4) is 0 Å². The van der Waals surface area contributed by atoms with Crippen LogP contribution in [0, 0.1) is 0 Å². The molecule has 2 heterocycles. The number of nitrogens with two attached hydrogens (primary N) is 1. The maximum absolute atomic E-state index is 5.72. The van der Waals surface area contributed by atoms with E-state index >= 15 is 0 Å². The number of aliphatic imine (C=N–C) groups is 1. The molecule has 1 saturated heterocycles. The predicted molar refractivity (Wildman–Crippen MR) is 96.2 cm³/mol. The van der Waals surface area contributed by atoms with Gasteiger partial charge in [0.15, 0.2) is 5.96 Å². The molecule has 116 valence electrons. The molecule has 1 aromatic rings. The fraction of sp³-hybridized carbons (Fsp3) is 0.429. The van der Waals surface area contributed by atoms with Gasteiger partial charge in [-0.15, -0.1) is 30.6 Å². The lowest BCUT2D eigenvalue weighted by Crippen LogP contribution is -2.36. The fourth-order valence-electron chi connectivity index (χ4n) is 1.92. The second kappa shape index (κ2) is 9.56. The van der Waals surface area contributed by atoms with Gasteiger partial charge in [0, 0.05) is 19.6 Å². The summed E-state index contributed by atoms with van der Waals surface area (Å²) in [5.41, 5.74) is 6.63. The Hall–Kier alpha value is -1.35. The molecule has 0 unspecified atom stereocenters. The molecule has 0 saturated carbocycles. The second-order valence-corrected chi connectivity index (χ2v) is 4.46. The lowest BCUT2D eigenvalue weighted by atomic mass is 10.3. The molecule has 0 atom stereocenters. The zero-order valence-electron chi connectivity index (χ0n) is 12.0. The van der Waals surface area contributed by atoms with Gasteiger partial charge in [-0.25, -0.2) is 9.98 Å². The molecular formula is C14H22IN5O. The Morgan fingerprint density at radius 2 is 2.24 bits per heavy atom. The monoisotopic (exact) mass is 403 g/mol. The van der Waals surface area contributed by atoms with Gasteiger partial charge < -0.3 is 20.7 Å². The summed E-state index contributed by atoms with van der Waals surface area (Å²) in [5, 5.41) is 2.94. The molecule has 0 aromatic carbocycles. The van der Waals surface area contributed by atoms with Crippen LogP contribution in [0.2, 0.25) is 0 Å². The summed E-state index contributed by atoms with van der Waals surface area (Å²) < 4.78 is 5.34. The molecule has 21 heavy (non-hydrogen) atoms. The van der Waals surface area contributed by atoms with Gasteiger partial charge in [-0.3, -0.25) is 0 Å². The molecular weight excluding hydrogens is 381 g/mol. The predicted octanol–water partition coefficient (Wildman–Crippen LogP) is 1.13. The van der Waals surface area contributed by atoms with Crippen molar-refractivity contribution < 1.29 is 4.74 Å². The largest absolute Gasteiger partial charge is 0.378 e. The Labute approximate surface area is 142 Å². The Morgan fingerprint density at radius 1 is 1.48 bits per heavy atom. The molecule has 0 radical (unpaired) electrons. The normalized spacial score (nSPS) is 15.2. The van der Waals surface area contributed by atoms with Crippen LogP contribution in [0.3, 0.4) is 0 Å². The van der Waals surface area contributed by atoms with E-state index in [0.717, 1.165) is 37.8 Å². The van der Waals surface area contributed by atoms with Crippen LogP contribution in [0.25, 0.3) is 0 Å². The first kappa shape index (κ1) is 17.7. The minimum atomic E-state index is 0. The van der Waals surface area contributed by atoms with E-state index in [1.165, 1.54) is 0 Å². The van der Waals surface area contributed by atoms with Gasteiger partial charge in [0.05, 0.1) is 25.5 Å². The third-order valence-electron chi connectivity index (χ3n) is 2.97. The number of ether oxygens (including phenoxy) is 1. The number of aromatic nitrogens is 1. The van der Waals surface area contributed by atoms with Gasteiger partial charge >= 0.3 is 0 Å². The van der Waals surface area contributed by atoms with E-state index in [1.807, 2.05) is 18.2 Å². The number of guanidine groups is 1. The van der Waals surface area contributed by atoms with Crippen LogP contribution in [-0.2, 0) is 11.3 Å². The summed E-state index contributed by atoms with van der Waals surface area (Å²) in [6.07, 6.45) is 1.74. The van der Waals surface area contributed by atoms with E-state index in [4.69, 9.17) is 10.5 Å². The fourth-order valence-corrected chi connectivity index (χ4v) is 1.92. The summed E-state index contributed by atoms with van der Waals surface area (Å²) in [5.74, 6) is 1.38. The summed E-state index contributed by atoms with van der Waals surface area (Å²) >= 11 is 0.